The summed E-state index contributed by atoms with van der Waals surface area (Å²) in [6.45, 7) is 5.52. The summed E-state index contributed by atoms with van der Waals surface area (Å²) in [6, 6.07) is 15.8. The summed E-state index contributed by atoms with van der Waals surface area (Å²) >= 11 is 1.64. The number of aliphatic carboxylic acids is 1. The van der Waals surface area contributed by atoms with E-state index in [1.165, 1.54) is 17.5 Å². The molecule has 0 spiro atoms. The van der Waals surface area contributed by atoms with E-state index in [0.29, 0.717) is 12.1 Å². The van der Waals surface area contributed by atoms with E-state index in [4.69, 9.17) is 10.1 Å². The van der Waals surface area contributed by atoms with Crippen molar-refractivity contribution in [3.63, 3.8) is 0 Å². The van der Waals surface area contributed by atoms with E-state index in [9.17, 15) is 9.59 Å². The van der Waals surface area contributed by atoms with Crippen molar-refractivity contribution >= 4 is 28.3 Å². The van der Waals surface area contributed by atoms with Crippen molar-refractivity contribution < 1.29 is 14.7 Å². The van der Waals surface area contributed by atoms with E-state index in [1.807, 2.05) is 12.1 Å². The van der Waals surface area contributed by atoms with Gasteiger partial charge in [-0.3, -0.25) is 9.59 Å². The zero-order valence-corrected chi connectivity index (χ0v) is 19.6. The number of benzene rings is 2. The molecule has 1 amide bonds. The highest BCUT2D eigenvalue weighted by atomic mass is 32.1. The Bertz CT molecular complexity index is 1050. The number of nitrogens with zero attached hydrogens (tertiary/aromatic N) is 3. The normalized spacial score (nSPS) is 10.7. The van der Waals surface area contributed by atoms with Crippen molar-refractivity contribution in [2.24, 2.45) is 0 Å². The van der Waals surface area contributed by atoms with Crippen LogP contribution >= 0.6 is 11.3 Å². The van der Waals surface area contributed by atoms with Crippen molar-refractivity contribution in [1.82, 2.24) is 9.88 Å². The number of hydrogen-bond donors (Lipinski definition) is 1. The van der Waals surface area contributed by atoms with E-state index in [1.54, 1.807) is 23.5 Å². The topological polar surface area (TPSA) is 73.7 Å². The van der Waals surface area contributed by atoms with Crippen molar-refractivity contribution in [2.75, 3.05) is 25.0 Å². The zero-order chi connectivity index (χ0) is 23.1. The minimum Gasteiger partial charge on any atom is -0.480 e. The van der Waals surface area contributed by atoms with Gasteiger partial charge in [-0.1, -0.05) is 55.3 Å². The lowest BCUT2D eigenvalue weighted by atomic mass is 10.1. The van der Waals surface area contributed by atoms with Gasteiger partial charge in [-0.25, -0.2) is 4.98 Å². The highest BCUT2D eigenvalue weighted by Crippen LogP contribution is 2.29. The second-order valence-electron chi connectivity index (χ2n) is 7.91. The first-order valence-electron chi connectivity index (χ1n) is 10.7. The maximum absolute atomic E-state index is 12.4. The molecule has 3 rings (SSSR count). The molecule has 32 heavy (non-hydrogen) atoms. The quantitative estimate of drug-likeness (QED) is 0.465. The van der Waals surface area contributed by atoms with Crippen molar-refractivity contribution in [2.45, 2.75) is 33.2 Å². The van der Waals surface area contributed by atoms with Gasteiger partial charge in [0, 0.05) is 36.6 Å². The Labute approximate surface area is 193 Å². The third kappa shape index (κ3) is 6.17. The van der Waals surface area contributed by atoms with Crippen LogP contribution in [0.4, 0.5) is 5.13 Å². The van der Waals surface area contributed by atoms with Crippen molar-refractivity contribution in [3.8, 4) is 11.3 Å². The molecule has 7 heteroatoms. The summed E-state index contributed by atoms with van der Waals surface area (Å²) in [4.78, 5) is 31.6. The SMILES string of the molecule is CCCCN(Cc1ccc(C(=O)N(C)CC(=O)O)cc1)c1nc(-c2ccc(C)cc2)cs1. The maximum atomic E-state index is 12.4. The fourth-order valence-corrected chi connectivity index (χ4v) is 4.19. The number of carbonyl (C=O) groups excluding carboxylic acids is 1. The number of hydrogen-bond acceptors (Lipinski definition) is 5. The first kappa shape index (κ1) is 23.5. The lowest BCUT2D eigenvalue weighted by Gasteiger charge is -2.22. The Morgan fingerprint density at radius 3 is 2.38 bits per heavy atom. The van der Waals surface area contributed by atoms with E-state index < -0.39 is 5.97 Å². The number of aryl methyl sites for hydroxylation is 1. The summed E-state index contributed by atoms with van der Waals surface area (Å²) in [5.74, 6) is -1.33. The third-order valence-electron chi connectivity index (χ3n) is 5.18. The second-order valence-corrected chi connectivity index (χ2v) is 8.74. The number of thiazole rings is 1. The minimum absolute atomic E-state index is 0.301. The summed E-state index contributed by atoms with van der Waals surface area (Å²) in [5.41, 5.74) is 4.87. The summed E-state index contributed by atoms with van der Waals surface area (Å²) in [6.07, 6.45) is 2.16. The van der Waals surface area contributed by atoms with Crippen LogP contribution in [0.15, 0.2) is 53.9 Å². The van der Waals surface area contributed by atoms with Crippen LogP contribution in [-0.2, 0) is 11.3 Å². The molecular formula is C25H29N3O3S. The Balaban J connectivity index is 1.74. The van der Waals surface area contributed by atoms with Crippen LogP contribution < -0.4 is 4.90 Å². The first-order valence-corrected chi connectivity index (χ1v) is 11.6. The van der Waals surface area contributed by atoms with E-state index >= 15 is 0 Å². The molecule has 1 aromatic heterocycles. The molecule has 3 aromatic rings. The molecule has 0 aliphatic rings. The van der Waals surface area contributed by atoms with Gasteiger partial charge in [0.2, 0.25) is 0 Å². The van der Waals surface area contributed by atoms with Gasteiger partial charge in [-0.2, -0.15) is 0 Å². The second kappa shape index (κ2) is 10.9. The standard InChI is InChI=1S/C25H29N3O3S/c1-4-5-14-28(25-26-22(17-32-25)20-10-6-18(2)7-11-20)15-19-8-12-21(13-9-19)24(31)27(3)16-23(29)30/h6-13,17H,4-5,14-16H2,1-3H3,(H,29,30). The van der Waals surface area contributed by atoms with Gasteiger partial charge in [0.05, 0.1) is 5.69 Å². The van der Waals surface area contributed by atoms with Gasteiger partial charge in [0.15, 0.2) is 5.13 Å². The van der Waals surface area contributed by atoms with Crippen LogP contribution in [-0.4, -0.2) is 47.0 Å². The Morgan fingerprint density at radius 1 is 1.06 bits per heavy atom. The zero-order valence-electron chi connectivity index (χ0n) is 18.7. The predicted molar refractivity (Wildman–Crippen MR) is 129 cm³/mol. The smallest absolute Gasteiger partial charge is 0.323 e. The average molecular weight is 452 g/mol. The molecule has 0 bridgehead atoms. The van der Waals surface area contributed by atoms with Crippen molar-refractivity contribution in [3.05, 3.63) is 70.6 Å². The molecule has 2 aromatic carbocycles. The van der Waals surface area contributed by atoms with E-state index in [0.717, 1.165) is 41.3 Å². The molecule has 1 N–H and O–H groups in total. The van der Waals surface area contributed by atoms with Crippen LogP contribution in [0.2, 0.25) is 0 Å². The number of carboxylic acid groups (broad SMARTS) is 1. The lowest BCUT2D eigenvalue weighted by molar-refractivity contribution is -0.137. The maximum Gasteiger partial charge on any atom is 0.323 e. The molecule has 168 valence electrons. The van der Waals surface area contributed by atoms with Gasteiger partial charge < -0.3 is 14.9 Å². The number of amides is 1. The Hall–Kier alpha value is -3.19. The summed E-state index contributed by atoms with van der Waals surface area (Å²) in [7, 11) is 1.49. The fourth-order valence-electron chi connectivity index (χ4n) is 3.33. The minimum atomic E-state index is -1.03. The predicted octanol–water partition coefficient (Wildman–Crippen LogP) is 5.08. The molecule has 6 nitrogen and oxygen atoms in total. The molecule has 0 fully saturated rings. The fraction of sp³-hybridized carbons (Fsp3) is 0.320. The molecule has 0 unspecified atom stereocenters. The molecule has 1 heterocycles. The highest BCUT2D eigenvalue weighted by Gasteiger charge is 2.16. The first-order chi connectivity index (χ1) is 15.4. The van der Waals surface area contributed by atoms with Crippen LogP contribution in [0, 0.1) is 6.92 Å². The molecule has 0 aliphatic heterocycles. The number of rotatable bonds is 10. The monoisotopic (exact) mass is 451 g/mol. The number of carbonyl (C=O) groups is 2. The average Bonchev–Trinajstić information content (AvgIpc) is 3.26. The molecule has 0 saturated heterocycles. The van der Waals surface area contributed by atoms with Gasteiger partial charge >= 0.3 is 5.97 Å². The summed E-state index contributed by atoms with van der Waals surface area (Å²) < 4.78 is 0. The molecular weight excluding hydrogens is 422 g/mol. The van der Waals surface area contributed by atoms with E-state index in [2.05, 4.69) is 48.4 Å². The van der Waals surface area contributed by atoms with Crippen LogP contribution in [0.1, 0.15) is 41.3 Å². The highest BCUT2D eigenvalue weighted by molar-refractivity contribution is 7.14. The number of unbranched alkanes of at least 4 members (excludes halogenated alkanes) is 1. The number of anilines is 1. The van der Waals surface area contributed by atoms with Crippen LogP contribution in [0.5, 0.6) is 0 Å². The number of carboxylic acids is 1. The van der Waals surface area contributed by atoms with Crippen molar-refractivity contribution in [1.29, 1.82) is 0 Å². The largest absolute Gasteiger partial charge is 0.480 e. The van der Waals surface area contributed by atoms with Gasteiger partial charge in [0.1, 0.15) is 6.54 Å². The van der Waals surface area contributed by atoms with Crippen LogP contribution in [0.3, 0.4) is 0 Å². The number of aromatic nitrogens is 1. The third-order valence-corrected chi connectivity index (χ3v) is 6.09. The van der Waals surface area contributed by atoms with Crippen LogP contribution in [0.25, 0.3) is 11.3 Å². The molecule has 0 atom stereocenters. The Morgan fingerprint density at radius 2 is 1.75 bits per heavy atom. The molecule has 0 aliphatic carbocycles. The van der Waals surface area contributed by atoms with Gasteiger partial charge in [0.25, 0.3) is 5.91 Å². The van der Waals surface area contributed by atoms with E-state index in [-0.39, 0.29) is 12.5 Å². The Kier molecular flexibility index (Phi) is 8.00. The number of likely N-dealkylation sites (N-methyl/N-ethyl adjacent to an activating group) is 1. The molecule has 0 radical (unpaired) electrons. The van der Waals surface area contributed by atoms with Gasteiger partial charge in [-0.15, -0.1) is 11.3 Å². The lowest BCUT2D eigenvalue weighted by Crippen LogP contribution is -2.31. The van der Waals surface area contributed by atoms with Gasteiger partial charge in [-0.05, 0) is 31.0 Å². The molecule has 0 saturated carbocycles. The summed E-state index contributed by atoms with van der Waals surface area (Å²) in [5, 5.41) is 12.0.